The molecule has 0 fully saturated rings. The van der Waals surface area contributed by atoms with Crippen molar-refractivity contribution in [2.24, 2.45) is 5.92 Å². The number of hydrogen-bond acceptors (Lipinski definition) is 3. The summed E-state index contributed by atoms with van der Waals surface area (Å²) in [7, 11) is 0. The molecule has 3 aromatic rings. The summed E-state index contributed by atoms with van der Waals surface area (Å²) in [6, 6.07) is 16.6. The summed E-state index contributed by atoms with van der Waals surface area (Å²) in [5, 5.41) is 4.27. The zero-order chi connectivity index (χ0) is 16.8. The van der Waals surface area contributed by atoms with Crippen LogP contribution in [0.4, 0.5) is 0 Å². The van der Waals surface area contributed by atoms with Crippen molar-refractivity contribution in [3.8, 4) is 5.69 Å². The van der Waals surface area contributed by atoms with E-state index in [0.29, 0.717) is 5.92 Å². The lowest BCUT2D eigenvalue weighted by Gasteiger charge is -2.24. The van der Waals surface area contributed by atoms with Crippen molar-refractivity contribution >= 4 is 0 Å². The second-order valence-corrected chi connectivity index (χ2v) is 6.50. The highest BCUT2D eigenvalue weighted by Crippen LogP contribution is 2.14. The van der Waals surface area contributed by atoms with E-state index in [-0.39, 0.29) is 0 Å². The lowest BCUT2D eigenvalue weighted by molar-refractivity contribution is 0.225. The predicted octanol–water partition coefficient (Wildman–Crippen LogP) is 3.93. The van der Waals surface area contributed by atoms with E-state index in [9.17, 15) is 0 Å². The predicted molar refractivity (Wildman–Crippen MR) is 96.8 cm³/mol. The van der Waals surface area contributed by atoms with E-state index >= 15 is 0 Å². The zero-order valence-corrected chi connectivity index (χ0v) is 14.3. The number of nitrogens with zero attached hydrogens (tertiary/aromatic N) is 4. The molecule has 0 saturated carbocycles. The monoisotopic (exact) mass is 320 g/mol. The largest absolute Gasteiger partial charge is 0.293 e. The first-order valence-corrected chi connectivity index (χ1v) is 8.42. The number of pyridine rings is 1. The summed E-state index contributed by atoms with van der Waals surface area (Å²) in [5.41, 5.74) is 3.51. The quantitative estimate of drug-likeness (QED) is 0.661. The highest BCUT2D eigenvalue weighted by atomic mass is 15.3. The van der Waals surface area contributed by atoms with Crippen LogP contribution in [0.25, 0.3) is 5.69 Å². The molecule has 0 spiro atoms. The molecular weight excluding hydrogens is 296 g/mol. The van der Waals surface area contributed by atoms with Crippen LogP contribution in [0.2, 0.25) is 0 Å². The molecule has 4 heteroatoms. The maximum Gasteiger partial charge on any atom is 0.0645 e. The normalized spacial score (nSPS) is 11.3. The van der Waals surface area contributed by atoms with E-state index in [1.165, 1.54) is 5.56 Å². The van der Waals surface area contributed by atoms with Crippen LogP contribution in [0, 0.1) is 5.92 Å². The Bertz CT molecular complexity index is 718. The van der Waals surface area contributed by atoms with E-state index in [2.05, 4.69) is 65.2 Å². The molecule has 0 amide bonds. The summed E-state index contributed by atoms with van der Waals surface area (Å²) in [4.78, 5) is 6.92. The molecule has 0 unspecified atom stereocenters. The molecule has 124 valence electrons. The summed E-state index contributed by atoms with van der Waals surface area (Å²) < 4.78 is 1.88. The molecule has 0 aliphatic carbocycles. The molecule has 0 N–H and O–H groups in total. The van der Waals surface area contributed by atoms with Gasteiger partial charge in [0.2, 0.25) is 0 Å². The Balaban J connectivity index is 1.69. The molecule has 2 heterocycles. The Morgan fingerprint density at radius 1 is 0.958 bits per heavy atom. The van der Waals surface area contributed by atoms with Gasteiger partial charge in [0.1, 0.15) is 0 Å². The molecule has 2 aromatic heterocycles. The Kier molecular flexibility index (Phi) is 5.39. The highest BCUT2D eigenvalue weighted by Gasteiger charge is 2.10. The average Bonchev–Trinajstić information content (AvgIpc) is 3.10. The number of rotatable bonds is 7. The number of hydrogen-bond donors (Lipinski definition) is 0. The van der Waals surface area contributed by atoms with Crippen LogP contribution in [-0.4, -0.2) is 26.2 Å². The first kappa shape index (κ1) is 16.4. The van der Waals surface area contributed by atoms with E-state index in [1.54, 1.807) is 6.20 Å². The molecule has 1 aromatic carbocycles. The Morgan fingerprint density at radius 2 is 1.79 bits per heavy atom. The second-order valence-electron chi connectivity index (χ2n) is 6.50. The van der Waals surface area contributed by atoms with E-state index in [4.69, 9.17) is 0 Å². The van der Waals surface area contributed by atoms with Crippen molar-refractivity contribution in [2.45, 2.75) is 26.9 Å². The van der Waals surface area contributed by atoms with Gasteiger partial charge in [-0.3, -0.25) is 9.88 Å². The molecule has 0 aliphatic rings. The van der Waals surface area contributed by atoms with Gasteiger partial charge in [-0.25, -0.2) is 4.68 Å². The second kappa shape index (κ2) is 7.88. The van der Waals surface area contributed by atoms with Gasteiger partial charge >= 0.3 is 0 Å². The van der Waals surface area contributed by atoms with Gasteiger partial charge in [0, 0.05) is 38.2 Å². The summed E-state index contributed by atoms with van der Waals surface area (Å²) in [5.74, 6) is 0.622. The molecule has 0 bridgehead atoms. The van der Waals surface area contributed by atoms with Crippen LogP contribution in [0.1, 0.15) is 25.1 Å². The Labute approximate surface area is 143 Å². The van der Waals surface area contributed by atoms with Gasteiger partial charge in [-0.1, -0.05) is 32.0 Å². The fourth-order valence-corrected chi connectivity index (χ4v) is 2.86. The van der Waals surface area contributed by atoms with Crippen LogP contribution >= 0.6 is 0 Å². The van der Waals surface area contributed by atoms with E-state index in [0.717, 1.165) is 31.0 Å². The molecule has 0 saturated heterocycles. The zero-order valence-electron chi connectivity index (χ0n) is 14.3. The fraction of sp³-hybridized carbons (Fsp3) is 0.300. The standard InChI is InChI=1S/C20H24N4/c1-17(2)14-23(16-19-6-3-4-11-21-19)15-18-7-9-20(10-8-18)24-13-5-12-22-24/h3-13,17H,14-16H2,1-2H3. The fourth-order valence-electron chi connectivity index (χ4n) is 2.86. The van der Waals surface area contributed by atoms with Crippen molar-refractivity contribution in [1.29, 1.82) is 0 Å². The lowest BCUT2D eigenvalue weighted by atomic mass is 10.1. The third-order valence-corrected chi connectivity index (χ3v) is 3.85. The first-order chi connectivity index (χ1) is 11.7. The minimum absolute atomic E-state index is 0.622. The Hall–Kier alpha value is -2.46. The van der Waals surface area contributed by atoms with Crippen molar-refractivity contribution in [3.05, 3.63) is 78.4 Å². The van der Waals surface area contributed by atoms with Crippen molar-refractivity contribution in [3.63, 3.8) is 0 Å². The molecule has 0 atom stereocenters. The minimum Gasteiger partial charge on any atom is -0.293 e. The average molecular weight is 320 g/mol. The van der Waals surface area contributed by atoms with Crippen LogP contribution in [0.15, 0.2) is 67.1 Å². The number of benzene rings is 1. The molecule has 4 nitrogen and oxygen atoms in total. The van der Waals surface area contributed by atoms with Crippen LogP contribution in [0.5, 0.6) is 0 Å². The first-order valence-electron chi connectivity index (χ1n) is 8.42. The molecule has 3 rings (SSSR count). The van der Waals surface area contributed by atoms with Crippen LogP contribution in [-0.2, 0) is 13.1 Å². The summed E-state index contributed by atoms with van der Waals surface area (Å²) >= 11 is 0. The SMILES string of the molecule is CC(C)CN(Cc1ccc(-n2cccn2)cc1)Cc1ccccn1. The van der Waals surface area contributed by atoms with Gasteiger partial charge in [-0.05, 0) is 41.8 Å². The summed E-state index contributed by atoms with van der Waals surface area (Å²) in [6.45, 7) is 7.37. The minimum atomic E-state index is 0.622. The molecule has 0 aliphatic heterocycles. The van der Waals surface area contributed by atoms with Gasteiger partial charge in [0.05, 0.1) is 11.4 Å². The lowest BCUT2D eigenvalue weighted by Crippen LogP contribution is -2.27. The van der Waals surface area contributed by atoms with E-state index in [1.807, 2.05) is 29.2 Å². The maximum absolute atomic E-state index is 4.46. The van der Waals surface area contributed by atoms with Crippen LogP contribution < -0.4 is 0 Å². The van der Waals surface area contributed by atoms with Gasteiger partial charge in [0.15, 0.2) is 0 Å². The molecule has 24 heavy (non-hydrogen) atoms. The van der Waals surface area contributed by atoms with Crippen LogP contribution in [0.3, 0.4) is 0 Å². The molecular formula is C20H24N4. The maximum atomic E-state index is 4.46. The highest BCUT2D eigenvalue weighted by molar-refractivity contribution is 5.33. The third-order valence-electron chi connectivity index (χ3n) is 3.85. The van der Waals surface area contributed by atoms with Crippen molar-refractivity contribution < 1.29 is 0 Å². The number of aromatic nitrogens is 3. The smallest absolute Gasteiger partial charge is 0.0645 e. The van der Waals surface area contributed by atoms with Gasteiger partial charge in [0.25, 0.3) is 0 Å². The van der Waals surface area contributed by atoms with Crippen molar-refractivity contribution in [1.82, 2.24) is 19.7 Å². The molecule has 0 radical (unpaired) electrons. The Morgan fingerprint density at radius 3 is 2.42 bits per heavy atom. The van der Waals surface area contributed by atoms with Gasteiger partial charge in [-0.15, -0.1) is 0 Å². The van der Waals surface area contributed by atoms with Gasteiger partial charge in [-0.2, -0.15) is 5.10 Å². The topological polar surface area (TPSA) is 34.0 Å². The third kappa shape index (κ3) is 4.52. The van der Waals surface area contributed by atoms with Crippen molar-refractivity contribution in [2.75, 3.05) is 6.54 Å². The summed E-state index contributed by atoms with van der Waals surface area (Å²) in [6.07, 6.45) is 5.62. The van der Waals surface area contributed by atoms with E-state index < -0.39 is 0 Å². The van der Waals surface area contributed by atoms with Gasteiger partial charge < -0.3 is 0 Å².